The highest BCUT2D eigenvalue weighted by atomic mass is 35.5. The maximum Gasteiger partial charge on any atom is 0.251 e. The molecule has 27 heavy (non-hydrogen) atoms. The molecule has 154 valence electrons. The minimum Gasteiger partial charge on any atom is -0.352 e. The Hall–Kier alpha value is -0.990. The van der Waals surface area contributed by atoms with E-state index in [-0.39, 0.29) is 42.7 Å². The predicted octanol–water partition coefficient (Wildman–Crippen LogP) is 1.53. The maximum atomic E-state index is 12.0. The second kappa shape index (κ2) is 14.1. The van der Waals surface area contributed by atoms with Gasteiger partial charge >= 0.3 is 0 Å². The fourth-order valence-corrected chi connectivity index (χ4v) is 3.47. The third-order valence-electron chi connectivity index (χ3n) is 3.98. The summed E-state index contributed by atoms with van der Waals surface area (Å²) in [5, 5.41) is 9.20. The lowest BCUT2D eigenvalue weighted by Crippen LogP contribution is -2.41. The van der Waals surface area contributed by atoms with Crippen LogP contribution >= 0.6 is 36.6 Å². The van der Waals surface area contributed by atoms with Gasteiger partial charge in [0.1, 0.15) is 0 Å². The number of carbonyl (C=O) groups is 2. The largest absolute Gasteiger partial charge is 0.352 e. The van der Waals surface area contributed by atoms with Crippen molar-refractivity contribution in [1.29, 1.82) is 0 Å². The van der Waals surface area contributed by atoms with Gasteiger partial charge in [0.15, 0.2) is 0 Å². The molecule has 1 unspecified atom stereocenters. The van der Waals surface area contributed by atoms with Gasteiger partial charge < -0.3 is 20.9 Å². The maximum absolute atomic E-state index is 12.0. The molecule has 1 saturated heterocycles. The van der Waals surface area contributed by atoms with Gasteiger partial charge in [-0.05, 0) is 31.8 Å². The lowest BCUT2D eigenvalue weighted by Gasteiger charge is -2.22. The fraction of sp³-hybridized carbons (Fsp3) is 0.556. The summed E-state index contributed by atoms with van der Waals surface area (Å²) in [6.45, 7) is 2.89. The van der Waals surface area contributed by atoms with Crippen LogP contribution in [0.1, 0.15) is 22.3 Å². The molecule has 0 radical (unpaired) electrons. The second-order valence-electron chi connectivity index (χ2n) is 6.46. The van der Waals surface area contributed by atoms with Crippen LogP contribution in [0, 0.1) is 0 Å². The van der Waals surface area contributed by atoms with Crippen molar-refractivity contribution in [1.82, 2.24) is 20.9 Å². The summed E-state index contributed by atoms with van der Waals surface area (Å²) in [4.78, 5) is 26.0. The van der Waals surface area contributed by atoms with Gasteiger partial charge in [0.05, 0.1) is 0 Å². The van der Waals surface area contributed by atoms with Gasteiger partial charge in [-0.2, -0.15) is 11.8 Å². The molecule has 0 saturated carbocycles. The van der Waals surface area contributed by atoms with E-state index in [9.17, 15) is 9.59 Å². The zero-order valence-electron chi connectivity index (χ0n) is 15.8. The highest BCUT2D eigenvalue weighted by Gasteiger charge is 2.16. The van der Waals surface area contributed by atoms with Crippen molar-refractivity contribution in [2.75, 3.05) is 45.2 Å². The molecular weight excluding hydrogens is 407 g/mol. The molecule has 1 fully saturated rings. The van der Waals surface area contributed by atoms with E-state index in [4.69, 9.17) is 0 Å². The van der Waals surface area contributed by atoms with Crippen molar-refractivity contribution in [3.05, 3.63) is 35.4 Å². The van der Waals surface area contributed by atoms with Crippen LogP contribution in [0.2, 0.25) is 0 Å². The molecule has 0 aliphatic carbocycles. The van der Waals surface area contributed by atoms with Crippen molar-refractivity contribution < 1.29 is 9.59 Å². The van der Waals surface area contributed by atoms with Crippen LogP contribution in [0.4, 0.5) is 0 Å². The third-order valence-corrected chi connectivity index (χ3v) is 5.11. The first kappa shape index (κ1) is 26.0. The van der Waals surface area contributed by atoms with Crippen molar-refractivity contribution in [2.24, 2.45) is 0 Å². The summed E-state index contributed by atoms with van der Waals surface area (Å²) in [5.74, 6) is 2.10. The number of nitrogens with zero attached hydrogens (tertiary/aromatic N) is 1. The van der Waals surface area contributed by atoms with E-state index in [1.54, 1.807) is 12.1 Å². The van der Waals surface area contributed by atoms with Crippen molar-refractivity contribution in [3.63, 3.8) is 0 Å². The summed E-state index contributed by atoms with van der Waals surface area (Å²) in [6, 6.07) is 7.63. The van der Waals surface area contributed by atoms with Crippen LogP contribution in [0.3, 0.4) is 0 Å². The monoisotopic (exact) mass is 436 g/mol. The Balaban J connectivity index is 0.00000338. The standard InChI is InChI=1S/C18H28N4O2S.2ClH/c1-22(2)9-7-20-18(24)15-5-3-14(4-6-15)12-21-17(23)11-16-13-25-10-8-19-16;;/h3-6,16,19H,7-13H2,1-2H3,(H,20,24)(H,21,23);2*1H. The summed E-state index contributed by atoms with van der Waals surface area (Å²) < 4.78 is 0. The van der Waals surface area contributed by atoms with Crippen LogP contribution in [-0.4, -0.2) is 68.0 Å². The number of hydrogen-bond acceptors (Lipinski definition) is 5. The summed E-state index contributed by atoms with van der Waals surface area (Å²) in [7, 11) is 3.94. The number of thioether (sulfide) groups is 1. The highest BCUT2D eigenvalue weighted by Crippen LogP contribution is 2.10. The molecule has 1 aliphatic heterocycles. The van der Waals surface area contributed by atoms with Gasteiger partial charge in [-0.15, -0.1) is 24.8 Å². The van der Waals surface area contributed by atoms with Gasteiger partial charge in [0.25, 0.3) is 5.91 Å². The topological polar surface area (TPSA) is 73.5 Å². The van der Waals surface area contributed by atoms with Crippen LogP contribution in [-0.2, 0) is 11.3 Å². The highest BCUT2D eigenvalue weighted by molar-refractivity contribution is 7.99. The van der Waals surface area contributed by atoms with Gasteiger partial charge in [0, 0.05) is 55.7 Å². The predicted molar refractivity (Wildman–Crippen MR) is 117 cm³/mol. The number of nitrogens with one attached hydrogen (secondary N) is 3. The first-order valence-corrected chi connectivity index (χ1v) is 9.80. The molecular formula is C18H30Cl2N4O2S. The number of likely N-dealkylation sites (N-methyl/N-ethyl adjacent to an activating group) is 1. The average molecular weight is 437 g/mol. The van der Waals surface area contributed by atoms with E-state index in [1.807, 2.05) is 42.9 Å². The van der Waals surface area contributed by atoms with Gasteiger partial charge in [-0.25, -0.2) is 0 Å². The molecule has 9 heteroatoms. The Morgan fingerprint density at radius 3 is 2.48 bits per heavy atom. The minimum absolute atomic E-state index is 0. The zero-order valence-corrected chi connectivity index (χ0v) is 18.3. The fourth-order valence-electron chi connectivity index (χ4n) is 2.52. The van der Waals surface area contributed by atoms with E-state index >= 15 is 0 Å². The molecule has 1 aliphatic rings. The molecule has 6 nitrogen and oxygen atoms in total. The van der Waals surface area contributed by atoms with Crippen molar-refractivity contribution >= 4 is 48.4 Å². The van der Waals surface area contributed by atoms with Gasteiger partial charge in [0.2, 0.25) is 5.91 Å². The quantitative estimate of drug-likeness (QED) is 0.576. The molecule has 2 amide bonds. The Morgan fingerprint density at radius 2 is 1.89 bits per heavy atom. The average Bonchev–Trinajstić information content (AvgIpc) is 2.61. The molecule has 2 rings (SSSR count). The van der Waals surface area contributed by atoms with E-state index in [1.165, 1.54) is 0 Å². The number of rotatable bonds is 8. The molecule has 1 heterocycles. The lowest BCUT2D eigenvalue weighted by molar-refractivity contribution is -0.121. The van der Waals surface area contributed by atoms with Crippen molar-refractivity contribution in [2.45, 2.75) is 19.0 Å². The minimum atomic E-state index is -0.0710. The Kier molecular flexibility index (Phi) is 13.6. The Morgan fingerprint density at radius 1 is 1.19 bits per heavy atom. The molecule has 1 aromatic rings. The van der Waals surface area contributed by atoms with Gasteiger partial charge in [-0.1, -0.05) is 12.1 Å². The Bertz CT molecular complexity index is 567. The van der Waals surface area contributed by atoms with E-state index in [0.29, 0.717) is 25.1 Å². The number of carbonyl (C=O) groups excluding carboxylic acids is 2. The molecule has 3 N–H and O–H groups in total. The summed E-state index contributed by atoms with van der Waals surface area (Å²) in [5.41, 5.74) is 1.63. The SMILES string of the molecule is CN(C)CCNC(=O)c1ccc(CNC(=O)CC2CSCCN2)cc1.Cl.Cl. The third kappa shape index (κ3) is 10.2. The number of benzene rings is 1. The van der Waals surface area contributed by atoms with E-state index < -0.39 is 0 Å². The molecule has 0 spiro atoms. The number of halogens is 2. The normalized spacial score (nSPS) is 16.0. The molecule has 0 bridgehead atoms. The zero-order chi connectivity index (χ0) is 18.1. The van der Waals surface area contributed by atoms with Crippen LogP contribution in [0.15, 0.2) is 24.3 Å². The number of amides is 2. The second-order valence-corrected chi connectivity index (χ2v) is 7.61. The van der Waals surface area contributed by atoms with E-state index in [0.717, 1.165) is 30.2 Å². The van der Waals surface area contributed by atoms with Crippen LogP contribution in [0.5, 0.6) is 0 Å². The van der Waals surface area contributed by atoms with Crippen molar-refractivity contribution in [3.8, 4) is 0 Å². The Labute approximate surface area is 178 Å². The molecule has 0 aromatic heterocycles. The molecule has 1 atom stereocenters. The lowest BCUT2D eigenvalue weighted by atomic mass is 10.1. The number of hydrogen-bond donors (Lipinski definition) is 3. The molecule has 1 aromatic carbocycles. The van der Waals surface area contributed by atoms with Gasteiger partial charge in [-0.3, -0.25) is 9.59 Å². The first-order chi connectivity index (χ1) is 12.0. The van der Waals surface area contributed by atoms with E-state index in [2.05, 4.69) is 16.0 Å². The van der Waals surface area contributed by atoms with Crippen LogP contribution in [0.25, 0.3) is 0 Å². The first-order valence-electron chi connectivity index (χ1n) is 8.64. The summed E-state index contributed by atoms with van der Waals surface area (Å²) >= 11 is 1.89. The van der Waals surface area contributed by atoms with Crippen LogP contribution < -0.4 is 16.0 Å². The smallest absolute Gasteiger partial charge is 0.251 e. The summed E-state index contributed by atoms with van der Waals surface area (Å²) in [6.07, 6.45) is 0.513.